The Hall–Kier alpha value is -3.78. The van der Waals surface area contributed by atoms with Crippen molar-refractivity contribution >= 4 is 40.0 Å². The summed E-state index contributed by atoms with van der Waals surface area (Å²) in [6.45, 7) is 1.87. The standard InChI is InChI=1S/C22H18N2O5S/c1-2-29-22(26)20-18(16-9-11-17(12-10-16)24(27)28)14-30-21(20)23-19(25)13-8-15-6-4-3-5-7-15/h3-14H,2H2,1H3,(H,23,25)/b13-8+. The third kappa shape index (κ3) is 4.98. The largest absolute Gasteiger partial charge is 0.462 e. The second kappa shape index (κ2) is 9.62. The van der Waals surface area contributed by atoms with Crippen LogP contribution in [0.4, 0.5) is 10.7 Å². The van der Waals surface area contributed by atoms with E-state index in [9.17, 15) is 19.7 Å². The predicted molar refractivity (Wildman–Crippen MR) is 116 cm³/mol. The summed E-state index contributed by atoms with van der Waals surface area (Å²) in [7, 11) is 0. The van der Waals surface area contributed by atoms with Crippen LogP contribution in [0, 0.1) is 10.1 Å². The van der Waals surface area contributed by atoms with Gasteiger partial charge in [0.2, 0.25) is 5.91 Å². The number of anilines is 1. The van der Waals surface area contributed by atoms with Crippen LogP contribution in [-0.2, 0) is 9.53 Å². The van der Waals surface area contributed by atoms with E-state index in [1.807, 2.05) is 30.3 Å². The molecule has 0 atom stereocenters. The lowest BCUT2D eigenvalue weighted by molar-refractivity contribution is -0.384. The molecule has 1 N–H and O–H groups in total. The van der Waals surface area contributed by atoms with Crippen LogP contribution in [0.15, 0.2) is 66.1 Å². The molecule has 0 aliphatic heterocycles. The van der Waals surface area contributed by atoms with E-state index >= 15 is 0 Å². The van der Waals surface area contributed by atoms with Gasteiger partial charge in [0.15, 0.2) is 0 Å². The summed E-state index contributed by atoms with van der Waals surface area (Å²) in [5.74, 6) is -0.962. The molecule has 0 radical (unpaired) electrons. The van der Waals surface area contributed by atoms with Gasteiger partial charge in [0.1, 0.15) is 10.6 Å². The van der Waals surface area contributed by atoms with Crippen molar-refractivity contribution in [2.75, 3.05) is 11.9 Å². The first-order chi connectivity index (χ1) is 14.5. The molecule has 152 valence electrons. The van der Waals surface area contributed by atoms with Gasteiger partial charge < -0.3 is 10.1 Å². The Bertz CT molecular complexity index is 1090. The number of thiophene rings is 1. The molecule has 0 fully saturated rings. The van der Waals surface area contributed by atoms with Crippen LogP contribution < -0.4 is 5.32 Å². The van der Waals surface area contributed by atoms with Gasteiger partial charge in [-0.15, -0.1) is 11.3 Å². The zero-order valence-corrected chi connectivity index (χ0v) is 16.8. The third-order valence-corrected chi connectivity index (χ3v) is 5.02. The molecule has 0 saturated heterocycles. The number of nitro benzene ring substituents is 1. The smallest absolute Gasteiger partial charge is 0.341 e. The normalized spacial score (nSPS) is 10.7. The first kappa shape index (κ1) is 20.9. The topological polar surface area (TPSA) is 98.5 Å². The maximum atomic E-state index is 12.6. The highest BCUT2D eigenvalue weighted by molar-refractivity contribution is 7.15. The number of nitro groups is 1. The average Bonchev–Trinajstić information content (AvgIpc) is 3.16. The SMILES string of the molecule is CCOC(=O)c1c(-c2ccc([N+](=O)[O-])cc2)csc1NC(=O)/C=C/c1ccccc1. The minimum Gasteiger partial charge on any atom is -0.462 e. The molecule has 0 aliphatic rings. The molecule has 0 aliphatic carbocycles. The highest BCUT2D eigenvalue weighted by Crippen LogP contribution is 2.36. The number of non-ortho nitro benzene ring substituents is 1. The van der Waals surface area contributed by atoms with Gasteiger partial charge in [-0.25, -0.2) is 4.79 Å². The number of rotatable bonds is 7. The molecular formula is C22H18N2O5S. The van der Waals surface area contributed by atoms with E-state index in [4.69, 9.17) is 4.74 Å². The zero-order chi connectivity index (χ0) is 21.5. The van der Waals surface area contributed by atoms with Crippen molar-refractivity contribution < 1.29 is 19.2 Å². The van der Waals surface area contributed by atoms with Crippen LogP contribution in [-0.4, -0.2) is 23.4 Å². The predicted octanol–water partition coefficient (Wildman–Crippen LogP) is 5.15. The van der Waals surface area contributed by atoms with Crippen molar-refractivity contribution in [1.29, 1.82) is 0 Å². The fraction of sp³-hybridized carbons (Fsp3) is 0.0909. The fourth-order valence-electron chi connectivity index (χ4n) is 2.72. The molecule has 30 heavy (non-hydrogen) atoms. The Morgan fingerprint density at radius 3 is 2.47 bits per heavy atom. The van der Waals surface area contributed by atoms with Crippen molar-refractivity contribution in [3.8, 4) is 11.1 Å². The average molecular weight is 422 g/mol. The minimum atomic E-state index is -0.575. The Kier molecular flexibility index (Phi) is 6.71. The number of esters is 1. The summed E-state index contributed by atoms with van der Waals surface area (Å²) < 4.78 is 5.15. The van der Waals surface area contributed by atoms with Crippen LogP contribution >= 0.6 is 11.3 Å². The summed E-state index contributed by atoms with van der Waals surface area (Å²) in [6.07, 6.45) is 3.06. The molecule has 0 saturated carbocycles. The van der Waals surface area contributed by atoms with E-state index in [2.05, 4.69) is 5.32 Å². The van der Waals surface area contributed by atoms with Gasteiger partial charge in [-0.1, -0.05) is 30.3 Å². The van der Waals surface area contributed by atoms with E-state index in [0.717, 1.165) is 5.56 Å². The van der Waals surface area contributed by atoms with Gasteiger partial charge in [0, 0.05) is 29.2 Å². The van der Waals surface area contributed by atoms with Crippen molar-refractivity contribution in [1.82, 2.24) is 0 Å². The molecule has 0 unspecified atom stereocenters. The molecule has 2 aromatic carbocycles. The number of nitrogens with one attached hydrogen (secondary N) is 1. The molecule has 1 amide bonds. The van der Waals surface area contributed by atoms with Crippen molar-refractivity contribution in [3.05, 3.63) is 87.3 Å². The summed E-state index contributed by atoms with van der Waals surface area (Å²) in [6, 6.07) is 15.2. The number of hydrogen-bond donors (Lipinski definition) is 1. The van der Waals surface area contributed by atoms with Gasteiger partial charge in [0.05, 0.1) is 11.5 Å². The van der Waals surface area contributed by atoms with Crippen molar-refractivity contribution in [2.45, 2.75) is 6.92 Å². The number of carbonyl (C=O) groups excluding carboxylic acids is 2. The molecule has 8 heteroatoms. The van der Waals surface area contributed by atoms with E-state index in [1.54, 1.807) is 30.5 Å². The van der Waals surface area contributed by atoms with Gasteiger partial charge in [-0.2, -0.15) is 0 Å². The van der Waals surface area contributed by atoms with Crippen LogP contribution in [0.25, 0.3) is 17.2 Å². The summed E-state index contributed by atoms with van der Waals surface area (Å²) in [4.78, 5) is 35.3. The first-order valence-electron chi connectivity index (χ1n) is 9.07. The Balaban J connectivity index is 1.89. The monoisotopic (exact) mass is 422 g/mol. The van der Waals surface area contributed by atoms with Crippen molar-refractivity contribution in [2.24, 2.45) is 0 Å². The molecule has 3 rings (SSSR count). The zero-order valence-electron chi connectivity index (χ0n) is 16.0. The minimum absolute atomic E-state index is 0.0498. The van der Waals surface area contributed by atoms with E-state index < -0.39 is 10.9 Å². The molecule has 0 spiro atoms. The van der Waals surface area contributed by atoms with Crippen LogP contribution in [0.1, 0.15) is 22.8 Å². The Labute approximate surface area is 176 Å². The molecular weight excluding hydrogens is 404 g/mol. The number of amides is 1. The summed E-state index contributed by atoms with van der Waals surface area (Å²) in [5, 5.41) is 15.7. The number of hydrogen-bond acceptors (Lipinski definition) is 6. The molecule has 3 aromatic rings. The van der Waals surface area contributed by atoms with E-state index in [-0.39, 0.29) is 23.8 Å². The third-order valence-electron chi connectivity index (χ3n) is 4.12. The van der Waals surface area contributed by atoms with Crippen LogP contribution in [0.3, 0.4) is 0 Å². The second-order valence-electron chi connectivity index (χ2n) is 6.11. The Morgan fingerprint density at radius 2 is 1.83 bits per heavy atom. The highest BCUT2D eigenvalue weighted by atomic mass is 32.1. The maximum absolute atomic E-state index is 12.6. The second-order valence-corrected chi connectivity index (χ2v) is 6.99. The lowest BCUT2D eigenvalue weighted by atomic mass is 10.0. The van der Waals surface area contributed by atoms with E-state index in [1.165, 1.54) is 29.5 Å². The van der Waals surface area contributed by atoms with Gasteiger partial charge in [-0.05, 0) is 36.3 Å². The summed E-state index contributed by atoms with van der Waals surface area (Å²) >= 11 is 1.19. The molecule has 7 nitrogen and oxygen atoms in total. The quantitative estimate of drug-likeness (QED) is 0.246. The lowest BCUT2D eigenvalue weighted by Crippen LogP contribution is -2.12. The van der Waals surface area contributed by atoms with Crippen LogP contribution in [0.2, 0.25) is 0 Å². The van der Waals surface area contributed by atoms with E-state index in [0.29, 0.717) is 16.1 Å². The van der Waals surface area contributed by atoms with Gasteiger partial charge in [0.25, 0.3) is 5.69 Å². The number of benzene rings is 2. The van der Waals surface area contributed by atoms with Crippen molar-refractivity contribution in [3.63, 3.8) is 0 Å². The lowest BCUT2D eigenvalue weighted by Gasteiger charge is -2.08. The van der Waals surface area contributed by atoms with Gasteiger partial charge >= 0.3 is 5.97 Å². The highest BCUT2D eigenvalue weighted by Gasteiger charge is 2.22. The Morgan fingerprint density at radius 1 is 1.13 bits per heavy atom. The van der Waals surface area contributed by atoms with Gasteiger partial charge in [-0.3, -0.25) is 14.9 Å². The number of nitrogens with zero attached hydrogens (tertiary/aromatic N) is 1. The molecule has 1 aromatic heterocycles. The molecule has 1 heterocycles. The molecule has 0 bridgehead atoms. The maximum Gasteiger partial charge on any atom is 0.341 e. The van der Waals surface area contributed by atoms with Crippen LogP contribution in [0.5, 0.6) is 0 Å². The number of ether oxygens (including phenoxy) is 1. The fourth-order valence-corrected chi connectivity index (χ4v) is 3.68. The first-order valence-corrected chi connectivity index (χ1v) is 9.95. The number of carbonyl (C=O) groups is 2. The summed E-state index contributed by atoms with van der Waals surface area (Å²) in [5.41, 5.74) is 2.19.